The van der Waals surface area contributed by atoms with Gasteiger partial charge >= 0.3 is 0 Å². The summed E-state index contributed by atoms with van der Waals surface area (Å²) in [5, 5.41) is 22.6. The van der Waals surface area contributed by atoms with Crippen LogP contribution in [0.15, 0.2) is 42.5 Å². The summed E-state index contributed by atoms with van der Waals surface area (Å²) < 4.78 is 0. The average molecular weight is 238 g/mol. The van der Waals surface area contributed by atoms with Crippen molar-refractivity contribution in [1.82, 2.24) is 0 Å². The van der Waals surface area contributed by atoms with Crippen LogP contribution in [0, 0.1) is 0 Å². The van der Waals surface area contributed by atoms with Crippen LogP contribution in [0.1, 0.15) is 10.4 Å². The lowest BCUT2D eigenvalue weighted by atomic mass is 9.99. The number of fused-ring (bicyclic) bond motifs is 2. The van der Waals surface area contributed by atoms with Gasteiger partial charge in [-0.15, -0.1) is 0 Å². The molecule has 3 nitrogen and oxygen atoms in total. The van der Waals surface area contributed by atoms with E-state index in [4.69, 9.17) is 0 Å². The predicted octanol–water partition coefficient (Wildman–Crippen LogP) is 3.22. The van der Waals surface area contributed by atoms with Crippen LogP contribution in [-0.4, -0.2) is 16.5 Å². The molecule has 0 unspecified atom stereocenters. The highest BCUT2D eigenvalue weighted by Crippen LogP contribution is 2.36. The van der Waals surface area contributed by atoms with Crippen LogP contribution in [0.4, 0.5) is 0 Å². The molecule has 0 saturated heterocycles. The zero-order valence-electron chi connectivity index (χ0n) is 9.42. The molecule has 0 bridgehead atoms. The highest BCUT2D eigenvalue weighted by Gasteiger charge is 2.12. The van der Waals surface area contributed by atoms with Crippen molar-refractivity contribution in [3.8, 4) is 11.5 Å². The van der Waals surface area contributed by atoms with Gasteiger partial charge in [0.05, 0.1) is 5.56 Å². The van der Waals surface area contributed by atoms with E-state index in [1.54, 1.807) is 0 Å². The first kappa shape index (κ1) is 10.6. The van der Waals surface area contributed by atoms with Gasteiger partial charge in [-0.05, 0) is 39.7 Å². The maximum absolute atomic E-state index is 11.1. The summed E-state index contributed by atoms with van der Waals surface area (Å²) in [6.07, 6.45) is 0.562. The SMILES string of the molecule is O=Cc1c(O)c(O)cc2cc3ccccc3cc12. The van der Waals surface area contributed by atoms with Gasteiger partial charge in [0, 0.05) is 0 Å². The van der Waals surface area contributed by atoms with Crippen molar-refractivity contribution in [3.63, 3.8) is 0 Å². The molecule has 3 rings (SSSR count). The Morgan fingerprint density at radius 2 is 1.56 bits per heavy atom. The van der Waals surface area contributed by atoms with E-state index < -0.39 is 0 Å². The maximum atomic E-state index is 11.1. The molecular formula is C15H10O3. The first-order valence-electron chi connectivity index (χ1n) is 5.53. The lowest BCUT2D eigenvalue weighted by Gasteiger charge is -2.08. The Balaban J connectivity index is 2.54. The summed E-state index contributed by atoms with van der Waals surface area (Å²) in [6, 6.07) is 12.9. The summed E-state index contributed by atoms with van der Waals surface area (Å²) in [5.41, 5.74) is 0.121. The number of aldehydes is 1. The number of phenols is 2. The fraction of sp³-hybridized carbons (Fsp3) is 0. The van der Waals surface area contributed by atoms with Gasteiger partial charge < -0.3 is 10.2 Å². The van der Waals surface area contributed by atoms with Crippen molar-refractivity contribution in [2.24, 2.45) is 0 Å². The van der Waals surface area contributed by atoms with E-state index in [0.717, 1.165) is 16.2 Å². The third-order valence-electron chi connectivity index (χ3n) is 3.12. The largest absolute Gasteiger partial charge is 0.504 e. The third-order valence-corrected chi connectivity index (χ3v) is 3.12. The molecular weight excluding hydrogens is 228 g/mol. The lowest BCUT2D eigenvalue weighted by molar-refractivity contribution is 0.112. The molecule has 18 heavy (non-hydrogen) atoms. The number of aromatic hydroxyl groups is 2. The van der Waals surface area contributed by atoms with Crippen LogP contribution >= 0.6 is 0 Å². The maximum Gasteiger partial charge on any atom is 0.168 e. The van der Waals surface area contributed by atoms with Crippen LogP contribution < -0.4 is 0 Å². The average Bonchev–Trinajstić information content (AvgIpc) is 2.38. The van der Waals surface area contributed by atoms with Gasteiger partial charge in [-0.3, -0.25) is 4.79 Å². The monoisotopic (exact) mass is 238 g/mol. The minimum Gasteiger partial charge on any atom is -0.504 e. The molecule has 0 aliphatic rings. The molecule has 0 heterocycles. The normalized spacial score (nSPS) is 10.9. The van der Waals surface area contributed by atoms with E-state index in [-0.39, 0.29) is 17.1 Å². The van der Waals surface area contributed by atoms with Crippen molar-refractivity contribution < 1.29 is 15.0 Å². The molecule has 0 aromatic heterocycles. The number of rotatable bonds is 1. The van der Waals surface area contributed by atoms with Crippen molar-refractivity contribution in [3.05, 3.63) is 48.0 Å². The number of carbonyl (C=O) groups is 1. The Morgan fingerprint density at radius 1 is 0.889 bits per heavy atom. The lowest BCUT2D eigenvalue weighted by Crippen LogP contribution is -1.86. The van der Waals surface area contributed by atoms with Crippen molar-refractivity contribution in [1.29, 1.82) is 0 Å². The van der Waals surface area contributed by atoms with Crippen LogP contribution in [0.5, 0.6) is 11.5 Å². The summed E-state index contributed by atoms with van der Waals surface area (Å²) >= 11 is 0. The molecule has 2 N–H and O–H groups in total. The topological polar surface area (TPSA) is 57.5 Å². The fourth-order valence-electron chi connectivity index (χ4n) is 2.21. The van der Waals surface area contributed by atoms with Crippen LogP contribution in [0.2, 0.25) is 0 Å². The van der Waals surface area contributed by atoms with E-state index in [9.17, 15) is 15.0 Å². The summed E-state index contributed by atoms with van der Waals surface area (Å²) in [7, 11) is 0. The van der Waals surface area contributed by atoms with E-state index in [1.807, 2.05) is 36.4 Å². The zero-order chi connectivity index (χ0) is 12.7. The standard InChI is InChI=1S/C15H10O3/c16-8-13-12-6-10-4-2-1-3-9(10)5-11(12)7-14(17)15(13)18/h1-8,17-18H. The van der Waals surface area contributed by atoms with Gasteiger partial charge in [-0.1, -0.05) is 24.3 Å². The molecule has 88 valence electrons. The molecule has 0 saturated carbocycles. The quantitative estimate of drug-likeness (QED) is 0.389. The first-order chi connectivity index (χ1) is 8.70. The summed E-state index contributed by atoms with van der Waals surface area (Å²) in [4.78, 5) is 11.1. The van der Waals surface area contributed by atoms with E-state index in [0.29, 0.717) is 11.7 Å². The Hall–Kier alpha value is -2.55. The van der Waals surface area contributed by atoms with Gasteiger partial charge in [0.2, 0.25) is 0 Å². The molecule has 0 fully saturated rings. The van der Waals surface area contributed by atoms with E-state index in [1.165, 1.54) is 6.07 Å². The van der Waals surface area contributed by atoms with Crippen LogP contribution in [-0.2, 0) is 0 Å². The zero-order valence-corrected chi connectivity index (χ0v) is 9.42. The van der Waals surface area contributed by atoms with Gasteiger partial charge in [-0.2, -0.15) is 0 Å². The van der Waals surface area contributed by atoms with Crippen molar-refractivity contribution >= 4 is 27.8 Å². The number of benzene rings is 3. The van der Waals surface area contributed by atoms with Crippen LogP contribution in [0.25, 0.3) is 21.5 Å². The fourth-order valence-corrected chi connectivity index (χ4v) is 2.21. The Morgan fingerprint density at radius 3 is 2.22 bits per heavy atom. The second-order valence-corrected chi connectivity index (χ2v) is 4.20. The number of carbonyl (C=O) groups excluding carboxylic acids is 1. The number of hydrogen-bond donors (Lipinski definition) is 2. The molecule has 0 aliphatic heterocycles. The summed E-state index contributed by atoms with van der Waals surface area (Å²) in [6.45, 7) is 0. The molecule has 0 amide bonds. The third kappa shape index (κ3) is 1.41. The molecule has 0 radical (unpaired) electrons. The van der Waals surface area contributed by atoms with Crippen molar-refractivity contribution in [2.45, 2.75) is 0 Å². The highest BCUT2D eigenvalue weighted by molar-refractivity contribution is 6.07. The first-order valence-corrected chi connectivity index (χ1v) is 5.53. The highest BCUT2D eigenvalue weighted by atomic mass is 16.3. The predicted molar refractivity (Wildman–Crippen MR) is 70.2 cm³/mol. The summed E-state index contributed by atoms with van der Waals surface area (Å²) in [5.74, 6) is -0.646. The van der Waals surface area contributed by atoms with E-state index in [2.05, 4.69) is 0 Å². The molecule has 0 atom stereocenters. The van der Waals surface area contributed by atoms with Crippen molar-refractivity contribution in [2.75, 3.05) is 0 Å². The van der Waals surface area contributed by atoms with E-state index >= 15 is 0 Å². The molecule has 0 spiro atoms. The Bertz CT molecular complexity index is 775. The van der Waals surface area contributed by atoms with Gasteiger partial charge in [0.15, 0.2) is 17.8 Å². The second kappa shape index (κ2) is 3.74. The molecule has 3 heteroatoms. The number of hydrogen-bond acceptors (Lipinski definition) is 3. The minimum atomic E-state index is -0.368. The second-order valence-electron chi connectivity index (χ2n) is 4.20. The number of phenolic OH excluding ortho intramolecular Hbond substituents is 2. The van der Waals surface area contributed by atoms with Gasteiger partial charge in [-0.25, -0.2) is 0 Å². The van der Waals surface area contributed by atoms with Gasteiger partial charge in [0.25, 0.3) is 0 Å². The van der Waals surface area contributed by atoms with Gasteiger partial charge in [0.1, 0.15) is 0 Å². The Kier molecular flexibility index (Phi) is 2.20. The minimum absolute atomic E-state index is 0.121. The smallest absolute Gasteiger partial charge is 0.168 e. The molecule has 0 aliphatic carbocycles. The Labute approximate surface area is 103 Å². The van der Waals surface area contributed by atoms with Crippen LogP contribution in [0.3, 0.4) is 0 Å². The molecule has 3 aromatic rings. The molecule has 3 aromatic carbocycles.